The van der Waals surface area contributed by atoms with Crippen molar-refractivity contribution in [2.45, 2.75) is 19.4 Å². The van der Waals surface area contributed by atoms with Crippen molar-refractivity contribution in [1.82, 2.24) is 4.90 Å². The van der Waals surface area contributed by atoms with Gasteiger partial charge in [0.1, 0.15) is 0 Å². The number of anilines is 1. The highest BCUT2D eigenvalue weighted by molar-refractivity contribution is 5.92. The van der Waals surface area contributed by atoms with Crippen molar-refractivity contribution in [2.24, 2.45) is 5.92 Å². The van der Waals surface area contributed by atoms with E-state index in [-0.39, 0.29) is 25.1 Å². The van der Waals surface area contributed by atoms with E-state index >= 15 is 0 Å². The second kappa shape index (κ2) is 6.51. The molecular weight excluding hydrogens is 254 g/mol. The standard InChI is InChI=1S/C15H19N3O2/c1-11-5-6-18(14(11)10-19)9-15(20)17-13-4-2-3-12(7-13)8-16/h2-4,7,11,14,19H,5-6,9-10H2,1H3,(H,17,20). The highest BCUT2D eigenvalue weighted by Gasteiger charge is 2.31. The number of carbonyl (C=O) groups excluding carboxylic acids is 1. The summed E-state index contributed by atoms with van der Waals surface area (Å²) in [5, 5.41) is 21.0. The lowest BCUT2D eigenvalue weighted by atomic mass is 10.0. The minimum absolute atomic E-state index is 0.0613. The maximum absolute atomic E-state index is 12.0. The minimum Gasteiger partial charge on any atom is -0.395 e. The van der Waals surface area contributed by atoms with E-state index in [0.717, 1.165) is 13.0 Å². The van der Waals surface area contributed by atoms with E-state index < -0.39 is 0 Å². The molecule has 2 atom stereocenters. The van der Waals surface area contributed by atoms with Gasteiger partial charge < -0.3 is 10.4 Å². The van der Waals surface area contributed by atoms with Crippen molar-refractivity contribution in [3.63, 3.8) is 0 Å². The Morgan fingerprint density at radius 1 is 1.60 bits per heavy atom. The molecule has 5 heteroatoms. The van der Waals surface area contributed by atoms with Crippen molar-refractivity contribution in [3.8, 4) is 6.07 Å². The second-order valence-corrected chi connectivity index (χ2v) is 5.23. The Balaban J connectivity index is 1.94. The first-order valence-electron chi connectivity index (χ1n) is 6.79. The molecule has 5 nitrogen and oxygen atoms in total. The highest BCUT2D eigenvalue weighted by atomic mass is 16.3. The van der Waals surface area contributed by atoms with E-state index in [4.69, 9.17) is 5.26 Å². The van der Waals surface area contributed by atoms with Crippen LogP contribution >= 0.6 is 0 Å². The van der Waals surface area contributed by atoms with E-state index in [0.29, 0.717) is 17.2 Å². The van der Waals surface area contributed by atoms with Gasteiger partial charge in [0.2, 0.25) is 5.91 Å². The van der Waals surface area contributed by atoms with Crippen LogP contribution in [0, 0.1) is 17.2 Å². The Bertz CT molecular complexity index is 524. The van der Waals surface area contributed by atoms with Gasteiger partial charge in [-0.25, -0.2) is 0 Å². The summed E-state index contributed by atoms with van der Waals surface area (Å²) in [6.45, 7) is 3.28. The number of hydrogen-bond acceptors (Lipinski definition) is 4. The van der Waals surface area contributed by atoms with Gasteiger partial charge in [0.25, 0.3) is 0 Å². The second-order valence-electron chi connectivity index (χ2n) is 5.23. The first-order valence-corrected chi connectivity index (χ1v) is 6.79. The quantitative estimate of drug-likeness (QED) is 0.864. The molecular formula is C15H19N3O2. The van der Waals surface area contributed by atoms with Crippen LogP contribution in [0.2, 0.25) is 0 Å². The number of nitrogens with zero attached hydrogens (tertiary/aromatic N) is 2. The molecule has 1 heterocycles. The summed E-state index contributed by atoms with van der Waals surface area (Å²) in [6.07, 6.45) is 1.00. The number of nitriles is 1. The molecule has 1 saturated heterocycles. The number of hydrogen-bond donors (Lipinski definition) is 2. The van der Waals surface area contributed by atoms with Gasteiger partial charge >= 0.3 is 0 Å². The Kier molecular flexibility index (Phi) is 4.72. The first kappa shape index (κ1) is 14.5. The summed E-state index contributed by atoms with van der Waals surface area (Å²) in [7, 11) is 0. The highest BCUT2D eigenvalue weighted by Crippen LogP contribution is 2.23. The molecule has 1 aromatic rings. The summed E-state index contributed by atoms with van der Waals surface area (Å²) in [4.78, 5) is 14.0. The van der Waals surface area contributed by atoms with E-state index in [2.05, 4.69) is 12.2 Å². The van der Waals surface area contributed by atoms with Crippen molar-refractivity contribution in [2.75, 3.05) is 25.0 Å². The van der Waals surface area contributed by atoms with Crippen LogP contribution < -0.4 is 5.32 Å². The van der Waals surface area contributed by atoms with Crippen LogP contribution in [0.1, 0.15) is 18.9 Å². The van der Waals surface area contributed by atoms with Crippen LogP contribution in [-0.2, 0) is 4.79 Å². The van der Waals surface area contributed by atoms with Crippen LogP contribution in [0.3, 0.4) is 0 Å². The van der Waals surface area contributed by atoms with Crippen molar-refractivity contribution in [1.29, 1.82) is 5.26 Å². The fraction of sp³-hybridized carbons (Fsp3) is 0.467. The van der Waals surface area contributed by atoms with Gasteiger partial charge in [0, 0.05) is 11.7 Å². The van der Waals surface area contributed by atoms with Crippen molar-refractivity contribution in [3.05, 3.63) is 29.8 Å². The Morgan fingerprint density at radius 3 is 3.10 bits per heavy atom. The summed E-state index contributed by atoms with van der Waals surface area (Å²) in [5.74, 6) is 0.294. The Labute approximate surface area is 118 Å². The topological polar surface area (TPSA) is 76.4 Å². The van der Waals surface area contributed by atoms with Crippen molar-refractivity contribution < 1.29 is 9.90 Å². The van der Waals surface area contributed by atoms with Gasteiger partial charge in [-0.05, 0) is 37.1 Å². The predicted octanol–water partition coefficient (Wildman–Crippen LogP) is 1.20. The van der Waals surface area contributed by atoms with Gasteiger partial charge in [-0.2, -0.15) is 5.26 Å². The zero-order chi connectivity index (χ0) is 14.5. The summed E-state index contributed by atoms with van der Waals surface area (Å²) in [5.41, 5.74) is 1.15. The van der Waals surface area contributed by atoms with E-state index in [1.54, 1.807) is 24.3 Å². The summed E-state index contributed by atoms with van der Waals surface area (Å²) < 4.78 is 0. The average molecular weight is 273 g/mol. The molecule has 0 radical (unpaired) electrons. The van der Waals surface area contributed by atoms with E-state index in [9.17, 15) is 9.90 Å². The van der Waals surface area contributed by atoms with Gasteiger partial charge in [-0.1, -0.05) is 13.0 Å². The smallest absolute Gasteiger partial charge is 0.238 e. The summed E-state index contributed by atoms with van der Waals surface area (Å²) >= 11 is 0. The third kappa shape index (κ3) is 3.35. The number of amides is 1. The molecule has 0 spiro atoms. The fourth-order valence-electron chi connectivity index (χ4n) is 2.63. The molecule has 1 aliphatic rings. The molecule has 1 fully saturated rings. The Hall–Kier alpha value is -1.90. The fourth-order valence-corrected chi connectivity index (χ4v) is 2.63. The lowest BCUT2D eigenvalue weighted by Gasteiger charge is -2.24. The molecule has 0 bridgehead atoms. The average Bonchev–Trinajstić information content (AvgIpc) is 2.79. The predicted molar refractivity (Wildman–Crippen MR) is 76.0 cm³/mol. The van der Waals surface area contributed by atoms with Crippen LogP contribution in [0.5, 0.6) is 0 Å². The third-order valence-corrected chi connectivity index (χ3v) is 3.81. The maximum Gasteiger partial charge on any atom is 0.238 e. The van der Waals surface area contributed by atoms with Gasteiger partial charge in [0.15, 0.2) is 0 Å². The molecule has 0 saturated carbocycles. The summed E-state index contributed by atoms with van der Waals surface area (Å²) in [6, 6.07) is 8.94. The minimum atomic E-state index is -0.118. The van der Waals surface area contributed by atoms with E-state index in [1.807, 2.05) is 11.0 Å². The number of carbonyl (C=O) groups is 1. The lowest BCUT2D eigenvalue weighted by molar-refractivity contribution is -0.117. The maximum atomic E-state index is 12.0. The first-order chi connectivity index (χ1) is 9.63. The number of aliphatic hydroxyl groups excluding tert-OH is 1. The number of aliphatic hydroxyl groups is 1. The molecule has 2 rings (SSSR count). The molecule has 1 aromatic carbocycles. The molecule has 0 aliphatic carbocycles. The van der Waals surface area contributed by atoms with Crippen LogP contribution in [0.25, 0.3) is 0 Å². The van der Waals surface area contributed by atoms with Gasteiger partial charge in [-0.15, -0.1) is 0 Å². The zero-order valence-corrected chi connectivity index (χ0v) is 11.5. The molecule has 1 aliphatic heterocycles. The van der Waals surface area contributed by atoms with Gasteiger partial charge in [0.05, 0.1) is 24.8 Å². The normalized spacial score (nSPS) is 22.4. The number of nitrogens with one attached hydrogen (secondary N) is 1. The molecule has 0 aromatic heterocycles. The van der Waals surface area contributed by atoms with Crippen LogP contribution in [-0.4, -0.2) is 41.7 Å². The van der Waals surface area contributed by atoms with Crippen LogP contribution in [0.4, 0.5) is 5.69 Å². The Morgan fingerprint density at radius 2 is 2.40 bits per heavy atom. The molecule has 2 unspecified atom stereocenters. The number of benzene rings is 1. The largest absolute Gasteiger partial charge is 0.395 e. The third-order valence-electron chi connectivity index (χ3n) is 3.81. The molecule has 20 heavy (non-hydrogen) atoms. The monoisotopic (exact) mass is 273 g/mol. The molecule has 2 N–H and O–H groups in total. The zero-order valence-electron chi connectivity index (χ0n) is 11.5. The lowest BCUT2D eigenvalue weighted by Crippen LogP contribution is -2.40. The molecule has 1 amide bonds. The molecule has 106 valence electrons. The van der Waals surface area contributed by atoms with E-state index in [1.165, 1.54) is 0 Å². The number of rotatable bonds is 4. The number of likely N-dealkylation sites (tertiary alicyclic amines) is 1. The van der Waals surface area contributed by atoms with Crippen LogP contribution in [0.15, 0.2) is 24.3 Å². The van der Waals surface area contributed by atoms with Crippen molar-refractivity contribution >= 4 is 11.6 Å². The SMILES string of the molecule is CC1CCN(CC(=O)Nc2cccc(C#N)c2)C1CO. The van der Waals surface area contributed by atoms with Gasteiger partial charge in [-0.3, -0.25) is 9.69 Å².